The van der Waals surface area contributed by atoms with Crippen LogP contribution in [0.5, 0.6) is 0 Å². The normalized spacial score (nSPS) is 13.8. The molecule has 1 aliphatic heterocycles. The summed E-state index contributed by atoms with van der Waals surface area (Å²) in [6.45, 7) is 2.11. The number of nitrogens with zero attached hydrogens (tertiary/aromatic N) is 1. The van der Waals surface area contributed by atoms with E-state index in [-0.39, 0.29) is 22.1 Å². The van der Waals surface area contributed by atoms with Gasteiger partial charge in [0.1, 0.15) is 0 Å². The van der Waals surface area contributed by atoms with Crippen LogP contribution in [0.25, 0.3) is 0 Å². The number of hydrogen-bond acceptors (Lipinski definition) is 6. The molecule has 1 aliphatic rings. The first-order chi connectivity index (χ1) is 17.4. The van der Waals surface area contributed by atoms with Gasteiger partial charge in [0.15, 0.2) is 0 Å². The van der Waals surface area contributed by atoms with Crippen molar-refractivity contribution in [1.29, 1.82) is 0 Å². The Morgan fingerprint density at radius 2 is 1.64 bits per heavy atom. The third-order valence-corrected chi connectivity index (χ3v) is 7.88. The summed E-state index contributed by atoms with van der Waals surface area (Å²) in [7, 11) is -4.08. The van der Waals surface area contributed by atoms with E-state index in [0.29, 0.717) is 43.3 Å². The van der Waals surface area contributed by atoms with E-state index < -0.39 is 15.9 Å². The standard InChI is InChI=1S/C26H27N3O5S2/c1-35-24-12-11-20(17-22(24)26(31)29-13-15-34-16-14-29)36(32,33)28-23-10-6-5-9-21(23)25(30)27-18-19-7-3-2-4-8-19/h2-12,17,28H,13-16,18H2,1H3,(H,27,30). The summed E-state index contributed by atoms with van der Waals surface area (Å²) in [5, 5.41) is 2.82. The van der Waals surface area contributed by atoms with Crippen LogP contribution in [-0.4, -0.2) is 57.7 Å². The maximum atomic E-state index is 13.3. The molecule has 0 saturated carbocycles. The maximum Gasteiger partial charge on any atom is 0.261 e. The van der Waals surface area contributed by atoms with Gasteiger partial charge in [-0.1, -0.05) is 42.5 Å². The van der Waals surface area contributed by atoms with Gasteiger partial charge in [-0.25, -0.2) is 8.42 Å². The Bertz CT molecular complexity index is 1340. The van der Waals surface area contributed by atoms with Crippen molar-refractivity contribution >= 4 is 39.3 Å². The molecular weight excluding hydrogens is 498 g/mol. The Morgan fingerprint density at radius 1 is 0.944 bits per heavy atom. The number of carbonyl (C=O) groups excluding carboxylic acids is 2. The molecule has 1 fully saturated rings. The molecule has 0 spiro atoms. The van der Waals surface area contributed by atoms with E-state index in [1.807, 2.05) is 36.6 Å². The van der Waals surface area contributed by atoms with Crippen LogP contribution in [0.2, 0.25) is 0 Å². The lowest BCUT2D eigenvalue weighted by Gasteiger charge is -2.27. The Balaban J connectivity index is 1.57. The molecule has 0 radical (unpaired) electrons. The van der Waals surface area contributed by atoms with Gasteiger partial charge in [0.25, 0.3) is 21.8 Å². The third kappa shape index (κ3) is 6.07. The molecule has 3 aromatic rings. The Morgan fingerprint density at radius 3 is 2.36 bits per heavy atom. The van der Waals surface area contributed by atoms with Crippen LogP contribution >= 0.6 is 11.8 Å². The van der Waals surface area contributed by atoms with E-state index in [9.17, 15) is 18.0 Å². The fourth-order valence-corrected chi connectivity index (χ4v) is 5.48. The highest BCUT2D eigenvalue weighted by molar-refractivity contribution is 7.98. The van der Waals surface area contributed by atoms with Gasteiger partial charge < -0.3 is 15.0 Å². The van der Waals surface area contributed by atoms with E-state index in [4.69, 9.17) is 4.74 Å². The summed E-state index contributed by atoms with van der Waals surface area (Å²) in [5.74, 6) is -0.640. The molecule has 188 valence electrons. The Hall–Kier alpha value is -3.34. The first-order valence-electron chi connectivity index (χ1n) is 11.4. The van der Waals surface area contributed by atoms with Gasteiger partial charge in [-0.3, -0.25) is 14.3 Å². The first kappa shape index (κ1) is 25.7. The second kappa shape index (κ2) is 11.6. The number of morpholine rings is 1. The van der Waals surface area contributed by atoms with Crippen LogP contribution in [0.4, 0.5) is 5.69 Å². The van der Waals surface area contributed by atoms with Gasteiger partial charge in [0, 0.05) is 24.5 Å². The van der Waals surface area contributed by atoms with E-state index in [2.05, 4.69) is 10.0 Å². The number of anilines is 1. The average Bonchev–Trinajstić information content (AvgIpc) is 2.92. The predicted molar refractivity (Wildman–Crippen MR) is 140 cm³/mol. The second-order valence-electron chi connectivity index (χ2n) is 8.09. The number of carbonyl (C=O) groups is 2. The molecule has 0 aromatic heterocycles. The molecule has 0 aliphatic carbocycles. The molecule has 3 aromatic carbocycles. The van der Waals surface area contributed by atoms with Gasteiger partial charge in [0.2, 0.25) is 0 Å². The second-order valence-corrected chi connectivity index (χ2v) is 10.6. The topological polar surface area (TPSA) is 105 Å². The summed E-state index contributed by atoms with van der Waals surface area (Å²) in [6.07, 6.45) is 1.84. The number of benzene rings is 3. The lowest BCUT2D eigenvalue weighted by atomic mass is 10.1. The molecule has 1 heterocycles. The fraction of sp³-hybridized carbons (Fsp3) is 0.231. The van der Waals surface area contributed by atoms with Crippen LogP contribution in [0.1, 0.15) is 26.3 Å². The molecule has 0 atom stereocenters. The van der Waals surface area contributed by atoms with E-state index in [1.54, 1.807) is 29.2 Å². The number of ether oxygens (including phenoxy) is 1. The van der Waals surface area contributed by atoms with E-state index in [0.717, 1.165) is 5.56 Å². The number of amides is 2. The van der Waals surface area contributed by atoms with Crippen molar-refractivity contribution in [3.8, 4) is 0 Å². The molecule has 36 heavy (non-hydrogen) atoms. The Kier molecular flexibility index (Phi) is 8.29. The summed E-state index contributed by atoms with van der Waals surface area (Å²) in [6, 6.07) is 20.3. The van der Waals surface area contributed by atoms with Crippen molar-refractivity contribution in [2.24, 2.45) is 0 Å². The van der Waals surface area contributed by atoms with Gasteiger partial charge in [-0.2, -0.15) is 0 Å². The number of hydrogen-bond donors (Lipinski definition) is 2. The molecule has 1 saturated heterocycles. The van der Waals surface area contributed by atoms with Crippen molar-refractivity contribution < 1.29 is 22.7 Å². The molecule has 2 amide bonds. The molecular formula is C26H27N3O5S2. The zero-order chi connectivity index (χ0) is 25.5. The van der Waals surface area contributed by atoms with Crippen LogP contribution in [0.15, 0.2) is 82.6 Å². The van der Waals surface area contributed by atoms with Crippen molar-refractivity contribution in [3.63, 3.8) is 0 Å². The van der Waals surface area contributed by atoms with Crippen LogP contribution in [0.3, 0.4) is 0 Å². The zero-order valence-corrected chi connectivity index (χ0v) is 21.4. The van der Waals surface area contributed by atoms with Crippen molar-refractivity contribution in [3.05, 3.63) is 89.5 Å². The predicted octanol–water partition coefficient (Wildman–Crippen LogP) is 3.61. The highest BCUT2D eigenvalue weighted by Gasteiger charge is 2.25. The van der Waals surface area contributed by atoms with Crippen LogP contribution in [0, 0.1) is 0 Å². The third-order valence-electron chi connectivity index (χ3n) is 5.72. The highest BCUT2D eigenvalue weighted by atomic mass is 32.2. The average molecular weight is 526 g/mol. The first-order valence-corrected chi connectivity index (χ1v) is 14.1. The molecule has 10 heteroatoms. The molecule has 2 N–H and O–H groups in total. The fourth-order valence-electron chi connectivity index (χ4n) is 3.81. The molecule has 4 rings (SSSR count). The number of thioether (sulfide) groups is 1. The smallest absolute Gasteiger partial charge is 0.261 e. The van der Waals surface area contributed by atoms with Crippen molar-refractivity contribution in [1.82, 2.24) is 10.2 Å². The van der Waals surface area contributed by atoms with Gasteiger partial charge >= 0.3 is 0 Å². The number of para-hydroxylation sites is 1. The number of nitrogens with one attached hydrogen (secondary N) is 2. The van der Waals surface area contributed by atoms with Gasteiger partial charge in [-0.05, 0) is 42.2 Å². The molecule has 0 bridgehead atoms. The maximum absolute atomic E-state index is 13.3. The van der Waals surface area contributed by atoms with Crippen LogP contribution in [-0.2, 0) is 21.3 Å². The van der Waals surface area contributed by atoms with Gasteiger partial charge in [-0.15, -0.1) is 11.8 Å². The number of sulfonamides is 1. The van der Waals surface area contributed by atoms with Crippen molar-refractivity contribution in [2.45, 2.75) is 16.3 Å². The minimum absolute atomic E-state index is 0.0589. The van der Waals surface area contributed by atoms with Crippen molar-refractivity contribution in [2.75, 3.05) is 37.3 Å². The zero-order valence-electron chi connectivity index (χ0n) is 19.8. The Labute approximate surface area is 215 Å². The summed E-state index contributed by atoms with van der Waals surface area (Å²) in [4.78, 5) is 28.3. The minimum Gasteiger partial charge on any atom is -0.378 e. The summed E-state index contributed by atoms with van der Waals surface area (Å²) >= 11 is 1.37. The largest absolute Gasteiger partial charge is 0.378 e. The SMILES string of the molecule is CSc1ccc(S(=O)(=O)Nc2ccccc2C(=O)NCc2ccccc2)cc1C(=O)N1CCOCC1. The highest BCUT2D eigenvalue weighted by Crippen LogP contribution is 2.27. The lowest BCUT2D eigenvalue weighted by Crippen LogP contribution is -2.41. The molecule has 0 unspecified atom stereocenters. The lowest BCUT2D eigenvalue weighted by molar-refractivity contribution is 0.0300. The van der Waals surface area contributed by atoms with Gasteiger partial charge in [0.05, 0.1) is 34.9 Å². The summed E-state index contributed by atoms with van der Waals surface area (Å²) in [5.41, 5.74) is 1.59. The van der Waals surface area contributed by atoms with Crippen LogP contribution < -0.4 is 10.0 Å². The summed E-state index contributed by atoms with van der Waals surface area (Å²) < 4.78 is 34.5. The number of rotatable bonds is 8. The quantitative estimate of drug-likeness (QED) is 0.436. The van der Waals surface area contributed by atoms with E-state index in [1.165, 1.54) is 30.0 Å². The van der Waals surface area contributed by atoms with E-state index >= 15 is 0 Å². The monoisotopic (exact) mass is 525 g/mol. The molecule has 8 nitrogen and oxygen atoms in total. The minimum atomic E-state index is -4.08.